The third kappa shape index (κ3) is 4.79. The molecule has 1 aliphatic heterocycles. The van der Waals surface area contributed by atoms with Crippen molar-refractivity contribution >= 4 is 46.1 Å². The van der Waals surface area contributed by atoms with E-state index in [0.717, 1.165) is 11.3 Å². The Morgan fingerprint density at radius 3 is 2.17 bits per heavy atom. The normalized spacial score (nSPS) is 24.1. The summed E-state index contributed by atoms with van der Waals surface area (Å²) in [5.74, 6) is -3.30. The molecule has 9 heteroatoms. The molecule has 4 aliphatic rings. The summed E-state index contributed by atoms with van der Waals surface area (Å²) in [4.78, 5) is 58.0. The Balaban J connectivity index is 1.19. The average molecular weight is 613 g/mol. The molecule has 9 nitrogen and oxygen atoms in total. The number of hydrogen-bond donors (Lipinski definition) is 1. The van der Waals surface area contributed by atoms with E-state index in [1.54, 1.807) is 49.4 Å². The zero-order valence-electron chi connectivity index (χ0n) is 25.7. The Morgan fingerprint density at radius 2 is 1.52 bits per heavy atom. The van der Waals surface area contributed by atoms with Crippen LogP contribution in [0.2, 0.25) is 0 Å². The molecule has 1 heterocycles. The van der Waals surface area contributed by atoms with Gasteiger partial charge in [-0.15, -0.1) is 0 Å². The van der Waals surface area contributed by atoms with Crippen molar-refractivity contribution in [1.82, 2.24) is 0 Å². The molecule has 4 atom stereocenters. The van der Waals surface area contributed by atoms with Crippen LogP contribution in [0.1, 0.15) is 31.2 Å². The predicted octanol–water partition coefficient (Wildman–Crippen LogP) is 6.51. The number of Topliss-reactive ketones (excluding diaryl/α,β-unsaturated/α-hetero) is 1. The highest BCUT2D eigenvalue weighted by molar-refractivity contribution is 6.25. The van der Waals surface area contributed by atoms with Crippen molar-refractivity contribution < 1.29 is 24.3 Å². The molecule has 1 fully saturated rings. The van der Waals surface area contributed by atoms with Crippen LogP contribution in [-0.2, 0) is 19.2 Å². The summed E-state index contributed by atoms with van der Waals surface area (Å²) in [7, 11) is 3.93. The molecule has 0 bridgehead atoms. The molecule has 0 saturated carbocycles. The quantitative estimate of drug-likeness (QED) is 0.152. The van der Waals surface area contributed by atoms with Crippen LogP contribution in [0.3, 0.4) is 0 Å². The van der Waals surface area contributed by atoms with Crippen LogP contribution in [0, 0.1) is 17.8 Å². The van der Waals surface area contributed by atoms with Crippen LogP contribution < -0.4 is 9.80 Å². The Labute approximate surface area is 266 Å². The third-order valence-electron chi connectivity index (χ3n) is 9.52. The van der Waals surface area contributed by atoms with Crippen molar-refractivity contribution in [2.75, 3.05) is 23.9 Å². The number of carbonyl (C=O) groups excluding carboxylic acids is 4. The summed E-state index contributed by atoms with van der Waals surface area (Å²) in [5.41, 5.74) is 5.45. The van der Waals surface area contributed by atoms with E-state index in [9.17, 15) is 24.3 Å². The Bertz CT molecular complexity index is 1930. The molecule has 3 aromatic carbocycles. The standard InChI is InChI=1S/C37H32N4O5/c1-20-17-31(43)30-19-29-27(32(34(30)35(20)44)21-5-4-6-26(42)18-21)15-16-28-33(29)37(46)41(36(28)45)25-13-9-23(10-14-25)39-38-22-7-11-24(12-8-22)40(2)3/h4-15,17-18,28-29,32-33,42H,16,19H2,1-3H3/t28-,29+,32-,33-/m0/s1. The van der Waals surface area contributed by atoms with Crippen LogP contribution in [0.5, 0.6) is 5.75 Å². The average Bonchev–Trinajstić information content (AvgIpc) is 3.31. The molecule has 1 saturated heterocycles. The van der Waals surface area contributed by atoms with Gasteiger partial charge in [-0.3, -0.25) is 24.1 Å². The minimum atomic E-state index is -0.680. The van der Waals surface area contributed by atoms with Gasteiger partial charge in [0.1, 0.15) is 5.75 Å². The van der Waals surface area contributed by atoms with Gasteiger partial charge in [0.05, 0.1) is 28.9 Å². The van der Waals surface area contributed by atoms with Gasteiger partial charge in [-0.25, -0.2) is 0 Å². The number of azo groups is 1. The maximum Gasteiger partial charge on any atom is 0.238 e. The van der Waals surface area contributed by atoms with Crippen molar-refractivity contribution in [3.8, 4) is 5.75 Å². The van der Waals surface area contributed by atoms with Gasteiger partial charge >= 0.3 is 0 Å². The zero-order chi connectivity index (χ0) is 32.3. The number of rotatable bonds is 5. The number of benzene rings is 3. The largest absolute Gasteiger partial charge is 0.508 e. The molecule has 46 heavy (non-hydrogen) atoms. The molecule has 2 amide bonds. The lowest BCUT2D eigenvalue weighted by molar-refractivity contribution is -0.123. The lowest BCUT2D eigenvalue weighted by atomic mass is 9.59. The molecule has 0 aromatic heterocycles. The second-order valence-electron chi connectivity index (χ2n) is 12.5. The fourth-order valence-electron chi connectivity index (χ4n) is 7.30. The van der Waals surface area contributed by atoms with E-state index >= 15 is 0 Å². The van der Waals surface area contributed by atoms with Crippen molar-refractivity contribution in [3.63, 3.8) is 0 Å². The van der Waals surface area contributed by atoms with Crippen molar-refractivity contribution in [1.29, 1.82) is 0 Å². The summed E-state index contributed by atoms with van der Waals surface area (Å²) in [6.07, 6.45) is 3.87. The number of anilines is 2. The second-order valence-corrected chi connectivity index (χ2v) is 12.5. The lowest BCUT2D eigenvalue weighted by Gasteiger charge is -2.42. The summed E-state index contributed by atoms with van der Waals surface area (Å²) < 4.78 is 0. The van der Waals surface area contributed by atoms with E-state index in [2.05, 4.69) is 10.2 Å². The molecular formula is C37H32N4O5. The fourth-order valence-corrected chi connectivity index (χ4v) is 7.30. The van der Waals surface area contributed by atoms with Crippen molar-refractivity contribution in [2.45, 2.75) is 25.7 Å². The van der Waals surface area contributed by atoms with Crippen LogP contribution in [0.4, 0.5) is 22.7 Å². The summed E-state index contributed by atoms with van der Waals surface area (Å²) in [5, 5.41) is 18.9. The number of nitrogens with zero attached hydrogens (tertiary/aromatic N) is 4. The zero-order valence-corrected chi connectivity index (χ0v) is 25.7. The minimum absolute atomic E-state index is 0.0430. The van der Waals surface area contributed by atoms with Crippen LogP contribution in [0.25, 0.3) is 0 Å². The van der Waals surface area contributed by atoms with E-state index < -0.39 is 23.7 Å². The van der Waals surface area contributed by atoms with Crippen molar-refractivity contribution in [3.05, 3.63) is 113 Å². The van der Waals surface area contributed by atoms with Gasteiger partial charge in [-0.1, -0.05) is 23.8 Å². The van der Waals surface area contributed by atoms with Crippen LogP contribution >= 0.6 is 0 Å². The van der Waals surface area contributed by atoms with Gasteiger partial charge in [0, 0.05) is 42.4 Å². The number of amides is 2. The first-order chi connectivity index (χ1) is 22.1. The Hall–Kier alpha value is -5.44. The fraction of sp³-hybridized carbons (Fsp3) is 0.243. The first-order valence-electron chi connectivity index (χ1n) is 15.3. The van der Waals surface area contributed by atoms with E-state index in [-0.39, 0.29) is 35.6 Å². The van der Waals surface area contributed by atoms with Crippen molar-refractivity contribution in [2.24, 2.45) is 28.0 Å². The number of allylic oxidation sites excluding steroid dienone is 6. The van der Waals surface area contributed by atoms with Crippen LogP contribution in [-0.4, -0.2) is 42.6 Å². The summed E-state index contributed by atoms with van der Waals surface area (Å²) >= 11 is 0. The van der Waals surface area contributed by atoms with Crippen LogP contribution in [0.15, 0.2) is 117 Å². The molecule has 3 aromatic rings. The molecule has 3 aliphatic carbocycles. The van der Waals surface area contributed by atoms with Gasteiger partial charge in [-0.05, 0) is 98.0 Å². The highest BCUT2D eigenvalue weighted by Gasteiger charge is 2.56. The number of carbonyl (C=O) groups is 4. The topological polar surface area (TPSA) is 120 Å². The maximum atomic E-state index is 14.1. The summed E-state index contributed by atoms with van der Waals surface area (Å²) in [6.45, 7) is 1.63. The maximum absolute atomic E-state index is 14.1. The van der Waals surface area contributed by atoms with Gasteiger partial charge < -0.3 is 10.0 Å². The molecule has 0 spiro atoms. The predicted molar refractivity (Wildman–Crippen MR) is 173 cm³/mol. The molecular weight excluding hydrogens is 580 g/mol. The van der Waals surface area contributed by atoms with E-state index in [1.165, 1.54) is 11.0 Å². The number of ketones is 2. The van der Waals surface area contributed by atoms with E-state index in [0.29, 0.717) is 45.8 Å². The number of fused-ring (bicyclic) bond motifs is 3. The number of imide groups is 1. The van der Waals surface area contributed by atoms with Gasteiger partial charge in [0.15, 0.2) is 11.6 Å². The monoisotopic (exact) mass is 612 g/mol. The Kier molecular flexibility index (Phi) is 7.11. The summed E-state index contributed by atoms with van der Waals surface area (Å²) in [6, 6.07) is 21.2. The highest BCUT2D eigenvalue weighted by Crippen LogP contribution is 2.55. The molecule has 230 valence electrons. The van der Waals surface area contributed by atoms with Gasteiger partial charge in [0.2, 0.25) is 11.8 Å². The smallest absolute Gasteiger partial charge is 0.238 e. The number of phenolic OH excluding ortho intramolecular Hbond substituents is 1. The number of hydrogen-bond acceptors (Lipinski definition) is 8. The first kappa shape index (κ1) is 29.3. The van der Waals surface area contributed by atoms with E-state index in [1.807, 2.05) is 55.4 Å². The minimum Gasteiger partial charge on any atom is -0.508 e. The second kappa shape index (κ2) is 11.2. The third-order valence-corrected chi connectivity index (χ3v) is 9.52. The lowest BCUT2D eigenvalue weighted by Crippen LogP contribution is -2.39. The SMILES string of the molecule is CC1=CC(=O)C2=C(C1=O)[C@@H](c1cccc(O)c1)C1=CC[C@@H]3C(=O)N(c4ccc(N=Nc5ccc(N(C)C)cc5)cc4)C(=O)[C@@H]3[C@@H]1C2. The first-order valence-corrected chi connectivity index (χ1v) is 15.3. The number of phenols is 1. The number of aromatic hydroxyl groups is 1. The Morgan fingerprint density at radius 1 is 0.848 bits per heavy atom. The molecule has 0 unspecified atom stereocenters. The molecule has 1 N–H and O–H groups in total. The highest BCUT2D eigenvalue weighted by atomic mass is 16.3. The molecule has 0 radical (unpaired) electrons. The van der Waals surface area contributed by atoms with Gasteiger partial charge in [-0.2, -0.15) is 10.2 Å². The molecule has 7 rings (SSSR count). The van der Waals surface area contributed by atoms with Gasteiger partial charge in [0.25, 0.3) is 0 Å². The van der Waals surface area contributed by atoms with E-state index in [4.69, 9.17) is 0 Å².